The second-order valence-electron chi connectivity index (χ2n) is 4.54. The van der Waals surface area contributed by atoms with Crippen molar-refractivity contribution in [1.82, 2.24) is 19.6 Å². The van der Waals surface area contributed by atoms with Gasteiger partial charge in [0.2, 0.25) is 0 Å². The first-order chi connectivity index (χ1) is 9.49. The Hall–Kier alpha value is -1.82. The van der Waals surface area contributed by atoms with Crippen LogP contribution in [0.2, 0.25) is 5.02 Å². The highest BCUT2D eigenvalue weighted by molar-refractivity contribution is 6.32. The van der Waals surface area contributed by atoms with Gasteiger partial charge in [-0.2, -0.15) is 10.2 Å². The molecule has 0 amide bonds. The zero-order valence-corrected chi connectivity index (χ0v) is 12.6. The lowest BCUT2D eigenvalue weighted by atomic mass is 10.1. The topological polar surface area (TPSA) is 78.7 Å². The molecule has 0 aliphatic carbocycles. The summed E-state index contributed by atoms with van der Waals surface area (Å²) in [7, 11) is 1.70. The first-order valence-corrected chi connectivity index (χ1v) is 6.92. The maximum absolute atomic E-state index is 12.3. The zero-order valence-electron chi connectivity index (χ0n) is 11.9. The molecule has 0 spiro atoms. The number of aryl methyl sites for hydroxylation is 3. The van der Waals surface area contributed by atoms with E-state index in [0.29, 0.717) is 22.9 Å². The summed E-state index contributed by atoms with van der Waals surface area (Å²) >= 11 is 6.30. The van der Waals surface area contributed by atoms with Crippen LogP contribution in [0.4, 0.5) is 5.82 Å². The average molecular weight is 296 g/mol. The fourth-order valence-electron chi connectivity index (χ4n) is 2.10. The standard InChI is InChI=1S/C13H18ClN5O/c1-4-9-12(14)10(19(5-2)17-9)6-11(20)8-7-16-18(3)13(8)15/h7H,4-6,15H2,1-3H3. The van der Waals surface area contributed by atoms with E-state index in [9.17, 15) is 4.79 Å². The summed E-state index contributed by atoms with van der Waals surface area (Å²) in [5, 5.41) is 8.96. The fraction of sp³-hybridized carbons (Fsp3) is 0.462. The minimum Gasteiger partial charge on any atom is -0.383 e. The minimum atomic E-state index is -0.102. The Kier molecular flexibility index (Phi) is 4.13. The number of carbonyl (C=O) groups excluding carboxylic acids is 1. The number of nitrogen functional groups attached to an aromatic ring is 1. The van der Waals surface area contributed by atoms with E-state index in [4.69, 9.17) is 17.3 Å². The van der Waals surface area contributed by atoms with Crippen molar-refractivity contribution in [2.45, 2.75) is 33.2 Å². The molecule has 0 bridgehead atoms. The SMILES string of the molecule is CCc1nn(CC)c(CC(=O)c2cnn(C)c2N)c1Cl. The van der Waals surface area contributed by atoms with Gasteiger partial charge < -0.3 is 5.73 Å². The van der Waals surface area contributed by atoms with Gasteiger partial charge in [0.1, 0.15) is 5.82 Å². The number of carbonyl (C=O) groups is 1. The Bertz CT molecular complexity index is 643. The number of nitrogens with zero attached hydrogens (tertiary/aromatic N) is 4. The summed E-state index contributed by atoms with van der Waals surface area (Å²) < 4.78 is 3.25. The van der Waals surface area contributed by atoms with Crippen molar-refractivity contribution < 1.29 is 4.79 Å². The summed E-state index contributed by atoms with van der Waals surface area (Å²) in [5.74, 6) is 0.263. The highest BCUT2D eigenvalue weighted by Crippen LogP contribution is 2.24. The van der Waals surface area contributed by atoms with Crippen LogP contribution in [-0.4, -0.2) is 25.3 Å². The van der Waals surface area contributed by atoms with Crippen molar-refractivity contribution in [3.63, 3.8) is 0 Å². The van der Waals surface area contributed by atoms with Gasteiger partial charge in [-0.15, -0.1) is 0 Å². The fourth-order valence-corrected chi connectivity index (χ4v) is 2.43. The first kappa shape index (κ1) is 14.6. The van der Waals surface area contributed by atoms with Crippen LogP contribution < -0.4 is 5.73 Å². The van der Waals surface area contributed by atoms with Crippen molar-refractivity contribution >= 4 is 23.2 Å². The molecule has 2 aromatic rings. The van der Waals surface area contributed by atoms with Gasteiger partial charge in [-0.3, -0.25) is 14.2 Å². The average Bonchev–Trinajstić information content (AvgIpc) is 2.92. The predicted octanol–water partition coefficient (Wildman–Crippen LogP) is 1.86. The van der Waals surface area contributed by atoms with Crippen LogP contribution in [0.25, 0.3) is 0 Å². The third-order valence-corrected chi connectivity index (χ3v) is 3.74. The van der Waals surface area contributed by atoms with Crippen molar-refractivity contribution in [1.29, 1.82) is 0 Å². The van der Waals surface area contributed by atoms with E-state index in [1.807, 2.05) is 13.8 Å². The quantitative estimate of drug-likeness (QED) is 0.854. The lowest BCUT2D eigenvalue weighted by molar-refractivity contribution is 0.0991. The molecule has 0 aliphatic heterocycles. The molecule has 0 atom stereocenters. The Morgan fingerprint density at radius 2 is 2.15 bits per heavy atom. The van der Waals surface area contributed by atoms with Crippen LogP contribution in [0.1, 0.15) is 35.6 Å². The van der Waals surface area contributed by atoms with Crippen molar-refractivity contribution in [2.75, 3.05) is 5.73 Å². The number of aromatic nitrogens is 4. The van der Waals surface area contributed by atoms with Gasteiger partial charge in [0.15, 0.2) is 5.78 Å². The van der Waals surface area contributed by atoms with Gasteiger partial charge in [0, 0.05) is 13.6 Å². The van der Waals surface area contributed by atoms with E-state index in [1.54, 1.807) is 11.7 Å². The van der Waals surface area contributed by atoms with Gasteiger partial charge in [0.05, 0.1) is 34.6 Å². The lowest BCUT2D eigenvalue weighted by Gasteiger charge is -2.04. The molecule has 0 aromatic carbocycles. The number of Topliss-reactive ketones (excluding diaryl/α,β-unsaturated/α-hetero) is 1. The second-order valence-corrected chi connectivity index (χ2v) is 4.92. The Labute approximate surface area is 122 Å². The number of hydrogen-bond acceptors (Lipinski definition) is 4. The van der Waals surface area contributed by atoms with E-state index in [0.717, 1.165) is 17.8 Å². The molecule has 7 heteroatoms. The lowest BCUT2D eigenvalue weighted by Crippen LogP contribution is -2.11. The van der Waals surface area contributed by atoms with Crippen molar-refractivity contribution in [3.8, 4) is 0 Å². The molecule has 2 heterocycles. The van der Waals surface area contributed by atoms with Gasteiger partial charge in [-0.05, 0) is 13.3 Å². The molecule has 2 N–H and O–H groups in total. The summed E-state index contributed by atoms with van der Waals surface area (Å²) in [6, 6.07) is 0. The summed E-state index contributed by atoms with van der Waals surface area (Å²) in [4.78, 5) is 12.3. The Morgan fingerprint density at radius 1 is 1.45 bits per heavy atom. The zero-order chi connectivity index (χ0) is 14.9. The molecule has 2 aromatic heterocycles. The molecule has 20 heavy (non-hydrogen) atoms. The van der Waals surface area contributed by atoms with Gasteiger partial charge in [0.25, 0.3) is 0 Å². The summed E-state index contributed by atoms with van der Waals surface area (Å²) in [6.07, 6.45) is 2.40. The number of ketones is 1. The van der Waals surface area contributed by atoms with Crippen LogP contribution in [0.15, 0.2) is 6.20 Å². The summed E-state index contributed by atoms with van der Waals surface area (Å²) in [6.45, 7) is 4.62. The predicted molar refractivity (Wildman–Crippen MR) is 77.9 cm³/mol. The van der Waals surface area contributed by atoms with Crippen LogP contribution in [0.5, 0.6) is 0 Å². The molecule has 2 rings (SSSR count). The maximum Gasteiger partial charge on any atom is 0.174 e. The number of anilines is 1. The molecule has 0 aliphatic rings. The molecule has 0 saturated heterocycles. The van der Waals surface area contributed by atoms with E-state index >= 15 is 0 Å². The highest BCUT2D eigenvalue weighted by atomic mass is 35.5. The third kappa shape index (κ3) is 2.43. The van der Waals surface area contributed by atoms with E-state index in [-0.39, 0.29) is 12.2 Å². The van der Waals surface area contributed by atoms with Crippen LogP contribution in [0, 0.1) is 0 Å². The van der Waals surface area contributed by atoms with Crippen molar-refractivity contribution in [3.05, 3.63) is 28.2 Å². The largest absolute Gasteiger partial charge is 0.383 e. The maximum atomic E-state index is 12.3. The van der Waals surface area contributed by atoms with Crippen molar-refractivity contribution in [2.24, 2.45) is 7.05 Å². The molecule has 6 nitrogen and oxygen atoms in total. The molecular formula is C13H18ClN5O. The van der Waals surface area contributed by atoms with Gasteiger partial charge >= 0.3 is 0 Å². The summed E-state index contributed by atoms with van der Waals surface area (Å²) in [5.41, 5.74) is 7.79. The smallest absolute Gasteiger partial charge is 0.174 e. The Morgan fingerprint density at radius 3 is 2.65 bits per heavy atom. The molecule has 0 saturated carbocycles. The monoisotopic (exact) mass is 295 g/mol. The van der Waals surface area contributed by atoms with E-state index < -0.39 is 0 Å². The van der Waals surface area contributed by atoms with Gasteiger partial charge in [-0.25, -0.2) is 0 Å². The molecular weight excluding hydrogens is 278 g/mol. The normalized spacial score (nSPS) is 11.0. The van der Waals surface area contributed by atoms with Crippen LogP contribution in [-0.2, 0) is 26.4 Å². The van der Waals surface area contributed by atoms with E-state index in [1.165, 1.54) is 10.9 Å². The highest BCUT2D eigenvalue weighted by Gasteiger charge is 2.20. The van der Waals surface area contributed by atoms with Crippen LogP contribution >= 0.6 is 11.6 Å². The van der Waals surface area contributed by atoms with Crippen LogP contribution in [0.3, 0.4) is 0 Å². The Balaban J connectivity index is 2.32. The number of rotatable bonds is 5. The third-order valence-electron chi connectivity index (χ3n) is 3.31. The first-order valence-electron chi connectivity index (χ1n) is 6.54. The number of nitrogens with two attached hydrogens (primary N) is 1. The molecule has 0 fully saturated rings. The molecule has 0 unspecified atom stereocenters. The molecule has 108 valence electrons. The van der Waals surface area contributed by atoms with Gasteiger partial charge in [-0.1, -0.05) is 18.5 Å². The minimum absolute atomic E-state index is 0.102. The number of halogens is 1. The molecule has 0 radical (unpaired) electrons. The second kappa shape index (κ2) is 5.66. The van der Waals surface area contributed by atoms with E-state index in [2.05, 4.69) is 10.2 Å². The number of hydrogen-bond donors (Lipinski definition) is 1.